The van der Waals surface area contributed by atoms with Crippen LogP contribution >= 0.6 is 0 Å². The highest BCUT2D eigenvalue weighted by atomic mass is 32.2. The van der Waals surface area contributed by atoms with Crippen LogP contribution in [0.25, 0.3) is 34.2 Å². The molecule has 2 aromatic carbocycles. The largest absolute Gasteiger partial charge is 0.499 e. The Balaban J connectivity index is 1.61. The van der Waals surface area contributed by atoms with Crippen molar-refractivity contribution >= 4 is 20.9 Å². The monoisotopic (exact) mass is 599 g/mol. The number of hydrogen-bond donors (Lipinski definition) is 0. The molecule has 3 aromatic heterocycles. The lowest BCUT2D eigenvalue weighted by Crippen LogP contribution is -2.41. The maximum Gasteiger partial charge on any atom is 0.499 e. The van der Waals surface area contributed by atoms with Crippen molar-refractivity contribution in [2.45, 2.75) is 24.1 Å². The third-order valence-electron chi connectivity index (χ3n) is 5.69. The molecule has 0 spiro atoms. The number of rotatable bonds is 7. The number of pyridine rings is 1. The number of nitrogens with zero attached hydrogens (tertiary/aromatic N) is 5. The number of oxazole rings is 1. The zero-order valence-corrected chi connectivity index (χ0v) is 21.3. The Labute approximate surface area is 225 Å². The summed E-state index contributed by atoms with van der Waals surface area (Å²) in [7, 11) is -3.97. The van der Waals surface area contributed by atoms with Crippen LogP contribution in [0.15, 0.2) is 75.0 Å². The highest BCUT2D eigenvalue weighted by Gasteiger charge is 2.61. The first-order valence-corrected chi connectivity index (χ1v) is 13.1. The molecule has 0 bridgehead atoms. The molecule has 0 saturated carbocycles. The Morgan fingerprint density at radius 3 is 2.34 bits per heavy atom. The number of alkyl halides is 5. The second-order valence-electron chi connectivity index (χ2n) is 8.36. The molecule has 0 aliphatic heterocycles. The van der Waals surface area contributed by atoms with Gasteiger partial charge in [0.25, 0.3) is 0 Å². The van der Waals surface area contributed by atoms with Gasteiger partial charge in [-0.25, -0.2) is 32.1 Å². The van der Waals surface area contributed by atoms with Crippen LogP contribution < -0.4 is 10.4 Å². The number of hydrogen-bond acceptors (Lipinski definition) is 8. The molecule has 0 unspecified atom stereocenters. The fraction of sp³-hybridized carbons (Fsp3) is 0.167. The van der Waals surface area contributed by atoms with E-state index in [1.807, 2.05) is 0 Å². The van der Waals surface area contributed by atoms with Gasteiger partial charge >= 0.3 is 18.0 Å². The van der Waals surface area contributed by atoms with E-state index >= 15 is 0 Å². The van der Waals surface area contributed by atoms with Crippen LogP contribution in [0.4, 0.5) is 26.3 Å². The Kier molecular flexibility index (Phi) is 6.63. The van der Waals surface area contributed by atoms with Gasteiger partial charge in [-0.05, 0) is 48.5 Å². The van der Waals surface area contributed by atoms with E-state index in [2.05, 4.69) is 19.8 Å². The third-order valence-corrected chi connectivity index (χ3v) is 7.45. The molecule has 0 amide bonds. The van der Waals surface area contributed by atoms with Crippen molar-refractivity contribution in [1.29, 1.82) is 0 Å². The number of fused-ring (bicyclic) bond motifs is 1. The molecule has 0 saturated heterocycles. The fourth-order valence-electron chi connectivity index (χ4n) is 3.63. The minimum atomic E-state index is -5.98. The smallest absolute Gasteiger partial charge is 0.435 e. The summed E-state index contributed by atoms with van der Waals surface area (Å²) in [5.74, 6) is -2.40. The number of halogens is 6. The highest BCUT2D eigenvalue weighted by Crippen LogP contribution is 2.38. The number of aromatic nitrogens is 5. The van der Waals surface area contributed by atoms with Gasteiger partial charge in [0.1, 0.15) is 29.1 Å². The van der Waals surface area contributed by atoms with Crippen molar-refractivity contribution in [3.63, 3.8) is 0 Å². The maximum absolute atomic E-state index is 13.4. The van der Waals surface area contributed by atoms with Crippen molar-refractivity contribution in [3.05, 3.63) is 77.2 Å². The Morgan fingerprint density at radius 1 is 0.976 bits per heavy atom. The molecular formula is C24H15F6N5O5S. The van der Waals surface area contributed by atoms with E-state index in [1.165, 1.54) is 25.1 Å². The SMILES string of the molecule is CCS(=O)(=O)c1ccc(-n2ncn(-c3ccc(F)cc3)c2=O)nc1-c1nc2cc(OC(F)(F)C(F)(F)F)ccc2o1. The molecule has 5 rings (SSSR count). The Bertz CT molecular complexity index is 1930. The number of sulfone groups is 1. The van der Waals surface area contributed by atoms with Gasteiger partial charge in [0.2, 0.25) is 5.89 Å². The summed E-state index contributed by atoms with van der Waals surface area (Å²) < 4.78 is 115. The van der Waals surface area contributed by atoms with Gasteiger partial charge in [-0.2, -0.15) is 31.7 Å². The lowest BCUT2D eigenvalue weighted by atomic mass is 10.3. The van der Waals surface area contributed by atoms with E-state index < -0.39 is 45.3 Å². The molecule has 0 fully saturated rings. The van der Waals surface area contributed by atoms with E-state index in [9.17, 15) is 39.6 Å². The van der Waals surface area contributed by atoms with Crippen molar-refractivity contribution in [3.8, 4) is 28.8 Å². The van der Waals surface area contributed by atoms with Crippen molar-refractivity contribution in [1.82, 2.24) is 24.3 Å². The summed E-state index contributed by atoms with van der Waals surface area (Å²) in [4.78, 5) is 20.9. The first-order valence-electron chi connectivity index (χ1n) is 11.4. The van der Waals surface area contributed by atoms with Crippen LogP contribution in [0.2, 0.25) is 0 Å². The molecule has 0 N–H and O–H groups in total. The third kappa shape index (κ3) is 5.15. The number of ether oxygens (including phenoxy) is 1. The minimum absolute atomic E-state index is 0.118. The first-order chi connectivity index (χ1) is 19.2. The molecule has 214 valence electrons. The second-order valence-corrected chi connectivity index (χ2v) is 10.6. The lowest BCUT2D eigenvalue weighted by Gasteiger charge is -2.19. The summed E-state index contributed by atoms with van der Waals surface area (Å²) >= 11 is 0. The zero-order chi connectivity index (χ0) is 29.7. The fourth-order valence-corrected chi connectivity index (χ4v) is 4.65. The van der Waals surface area contributed by atoms with Crippen molar-refractivity contribution in [2.24, 2.45) is 0 Å². The molecule has 17 heteroatoms. The standard InChI is InChI=1S/C24H15F6N5O5S/c1-2-41(37,38)18-9-10-19(35-22(36)34(12-31-35)14-5-3-13(25)4-6-14)33-20(18)21-32-16-11-15(7-8-17(16)39-21)40-24(29,30)23(26,27)28/h3-12H,2H2,1H3. The van der Waals surface area contributed by atoms with Crippen LogP contribution in [-0.2, 0) is 9.84 Å². The minimum Gasteiger partial charge on any atom is -0.435 e. The van der Waals surface area contributed by atoms with E-state index in [4.69, 9.17) is 4.42 Å². The molecule has 0 atom stereocenters. The van der Waals surface area contributed by atoms with Gasteiger partial charge < -0.3 is 9.15 Å². The average Bonchev–Trinajstić information content (AvgIpc) is 3.51. The maximum atomic E-state index is 13.4. The summed E-state index contributed by atoms with van der Waals surface area (Å²) in [6.45, 7) is 1.36. The van der Waals surface area contributed by atoms with Crippen LogP contribution in [0.1, 0.15) is 6.92 Å². The van der Waals surface area contributed by atoms with Gasteiger partial charge in [-0.15, -0.1) is 0 Å². The van der Waals surface area contributed by atoms with Gasteiger partial charge in [-0.3, -0.25) is 0 Å². The average molecular weight is 599 g/mol. The van der Waals surface area contributed by atoms with Crippen molar-refractivity contribution in [2.75, 3.05) is 5.75 Å². The Morgan fingerprint density at radius 2 is 1.68 bits per heavy atom. The highest BCUT2D eigenvalue weighted by molar-refractivity contribution is 7.91. The summed E-state index contributed by atoms with van der Waals surface area (Å²) in [5, 5.41) is 3.97. The molecular weight excluding hydrogens is 584 g/mol. The summed E-state index contributed by atoms with van der Waals surface area (Å²) in [5.41, 5.74) is -1.22. The first kappa shape index (κ1) is 27.9. The van der Waals surface area contributed by atoms with Gasteiger partial charge in [0.05, 0.1) is 16.3 Å². The molecule has 10 nitrogen and oxygen atoms in total. The predicted molar refractivity (Wildman–Crippen MR) is 129 cm³/mol. The lowest BCUT2D eigenvalue weighted by molar-refractivity contribution is -0.360. The van der Waals surface area contributed by atoms with Crippen LogP contribution in [-0.4, -0.2) is 50.8 Å². The second kappa shape index (κ2) is 9.76. The predicted octanol–water partition coefficient (Wildman–Crippen LogP) is 4.69. The molecule has 41 heavy (non-hydrogen) atoms. The van der Waals surface area contributed by atoms with Crippen LogP contribution in [0.3, 0.4) is 0 Å². The van der Waals surface area contributed by atoms with Crippen molar-refractivity contribution < 1.29 is 43.9 Å². The van der Waals surface area contributed by atoms with E-state index in [-0.39, 0.29) is 38.9 Å². The van der Waals surface area contributed by atoms with E-state index in [0.29, 0.717) is 0 Å². The topological polar surface area (TPSA) is 122 Å². The van der Waals surface area contributed by atoms with Gasteiger partial charge in [-0.1, -0.05) is 6.92 Å². The summed E-state index contributed by atoms with van der Waals surface area (Å²) in [6.07, 6.45) is -10.3. The Hall–Kier alpha value is -4.67. The molecule has 0 radical (unpaired) electrons. The molecule has 0 aliphatic carbocycles. The van der Waals surface area contributed by atoms with E-state index in [1.54, 1.807) is 0 Å². The quantitative estimate of drug-likeness (QED) is 0.247. The van der Waals surface area contributed by atoms with Crippen LogP contribution in [0.5, 0.6) is 5.75 Å². The summed E-state index contributed by atoms with van der Waals surface area (Å²) in [6, 6.07) is 9.79. The van der Waals surface area contributed by atoms with Gasteiger partial charge in [0, 0.05) is 6.07 Å². The van der Waals surface area contributed by atoms with Crippen LogP contribution in [0, 0.1) is 5.82 Å². The van der Waals surface area contributed by atoms with Gasteiger partial charge in [0.15, 0.2) is 21.2 Å². The number of benzene rings is 2. The molecule has 5 aromatic rings. The zero-order valence-electron chi connectivity index (χ0n) is 20.4. The molecule has 3 heterocycles. The molecule has 0 aliphatic rings. The normalized spacial score (nSPS) is 12.7. The van der Waals surface area contributed by atoms with E-state index in [0.717, 1.165) is 52.0 Å².